The van der Waals surface area contributed by atoms with Crippen molar-refractivity contribution < 1.29 is 9.21 Å². The average Bonchev–Trinajstić information content (AvgIpc) is 3.39. The molecule has 2 aromatic heterocycles. The summed E-state index contributed by atoms with van der Waals surface area (Å²) in [6, 6.07) is 7.60. The quantitative estimate of drug-likeness (QED) is 0.600. The molecule has 1 saturated heterocycles. The lowest BCUT2D eigenvalue weighted by Crippen LogP contribution is -2.40. The Morgan fingerprint density at radius 2 is 2.07 bits per heavy atom. The lowest BCUT2D eigenvalue weighted by atomic mass is 10.0. The van der Waals surface area contributed by atoms with E-state index in [9.17, 15) is 4.79 Å². The predicted octanol–water partition coefficient (Wildman–Crippen LogP) is 4.43. The molecule has 152 valence electrons. The van der Waals surface area contributed by atoms with E-state index in [2.05, 4.69) is 9.97 Å². The van der Waals surface area contributed by atoms with Gasteiger partial charge in [0, 0.05) is 36.8 Å². The zero-order chi connectivity index (χ0) is 20.2. The molecule has 1 fully saturated rings. The predicted molar refractivity (Wildman–Crippen MR) is 111 cm³/mol. The van der Waals surface area contributed by atoms with Crippen molar-refractivity contribution >= 4 is 17.5 Å². The van der Waals surface area contributed by atoms with Crippen LogP contribution in [0.1, 0.15) is 55.3 Å². The smallest absolute Gasteiger partial charge is 0.243 e. The summed E-state index contributed by atoms with van der Waals surface area (Å²) in [5.41, 5.74) is 1.11. The summed E-state index contributed by atoms with van der Waals surface area (Å²) in [4.78, 5) is 23.8. The molecule has 0 saturated carbocycles. The molecule has 7 heteroatoms. The Bertz CT molecular complexity index is 963. The molecule has 0 bridgehead atoms. The second kappa shape index (κ2) is 8.82. The van der Waals surface area contributed by atoms with E-state index in [4.69, 9.17) is 16.0 Å². The van der Waals surface area contributed by atoms with Crippen LogP contribution in [0.4, 0.5) is 0 Å². The Kier molecular flexibility index (Phi) is 6.00. The molecule has 1 amide bonds. The number of carbonyl (C=O) groups excluding carboxylic acids is 1. The summed E-state index contributed by atoms with van der Waals surface area (Å²) in [5, 5.41) is 0.715. The highest BCUT2D eigenvalue weighted by Gasteiger charge is 2.31. The number of piperidine rings is 1. The molecule has 1 aliphatic rings. The number of rotatable bonds is 6. The summed E-state index contributed by atoms with van der Waals surface area (Å²) in [7, 11) is 0. The fourth-order valence-electron chi connectivity index (χ4n) is 3.88. The number of nitrogens with zero attached hydrogens (tertiary/aromatic N) is 4. The molecule has 3 aromatic rings. The fourth-order valence-corrected chi connectivity index (χ4v) is 4.01. The number of carbonyl (C=O) groups is 1. The Balaban J connectivity index is 1.48. The summed E-state index contributed by atoms with van der Waals surface area (Å²) in [6.07, 6.45) is 9.78. The molecular weight excluding hydrogens is 388 g/mol. The highest BCUT2D eigenvalue weighted by molar-refractivity contribution is 6.30. The van der Waals surface area contributed by atoms with Crippen LogP contribution in [0.3, 0.4) is 0 Å². The minimum Gasteiger partial charge on any atom is -0.443 e. The molecule has 0 unspecified atom stereocenters. The number of aromatic nitrogens is 3. The zero-order valence-corrected chi connectivity index (χ0v) is 17.3. The van der Waals surface area contributed by atoms with Crippen LogP contribution in [0.5, 0.6) is 0 Å². The number of imidazole rings is 1. The molecule has 1 atom stereocenters. The number of likely N-dealkylation sites (tertiary alicyclic amines) is 1. The highest BCUT2D eigenvalue weighted by atomic mass is 35.5. The van der Waals surface area contributed by atoms with Crippen molar-refractivity contribution in [2.75, 3.05) is 6.54 Å². The van der Waals surface area contributed by atoms with E-state index >= 15 is 0 Å². The summed E-state index contributed by atoms with van der Waals surface area (Å²) in [6.45, 7) is 3.08. The largest absolute Gasteiger partial charge is 0.443 e. The van der Waals surface area contributed by atoms with Gasteiger partial charge in [-0.05, 0) is 37.0 Å². The van der Waals surface area contributed by atoms with Crippen LogP contribution >= 0.6 is 11.6 Å². The number of benzene rings is 1. The van der Waals surface area contributed by atoms with Crippen LogP contribution in [-0.2, 0) is 24.2 Å². The van der Waals surface area contributed by atoms with Crippen LogP contribution in [0.15, 0.2) is 47.3 Å². The van der Waals surface area contributed by atoms with Crippen LogP contribution in [0.25, 0.3) is 0 Å². The van der Waals surface area contributed by atoms with Crippen molar-refractivity contribution in [3.8, 4) is 0 Å². The van der Waals surface area contributed by atoms with E-state index in [-0.39, 0.29) is 11.9 Å². The van der Waals surface area contributed by atoms with E-state index in [0.717, 1.165) is 49.4 Å². The molecule has 0 spiro atoms. The van der Waals surface area contributed by atoms with E-state index in [0.29, 0.717) is 23.9 Å². The van der Waals surface area contributed by atoms with Gasteiger partial charge >= 0.3 is 0 Å². The second-order valence-electron chi connectivity index (χ2n) is 7.39. The number of oxazole rings is 1. The van der Waals surface area contributed by atoms with Gasteiger partial charge in [0.2, 0.25) is 11.8 Å². The fraction of sp³-hybridized carbons (Fsp3) is 0.409. The summed E-state index contributed by atoms with van der Waals surface area (Å²) < 4.78 is 7.99. The number of hydrogen-bond donors (Lipinski definition) is 0. The van der Waals surface area contributed by atoms with Gasteiger partial charge in [-0.2, -0.15) is 0 Å². The molecule has 3 heterocycles. The van der Waals surface area contributed by atoms with Crippen molar-refractivity contribution in [1.29, 1.82) is 0 Å². The SMILES string of the molecule is CCc1nccn1CC(=O)N1CCCC[C@H]1c1ncc(Cc2ccc(Cl)cc2)o1. The maximum atomic E-state index is 13.0. The highest BCUT2D eigenvalue weighted by Crippen LogP contribution is 2.31. The molecule has 29 heavy (non-hydrogen) atoms. The lowest BCUT2D eigenvalue weighted by molar-refractivity contribution is -0.136. The molecule has 0 aliphatic carbocycles. The number of amides is 1. The number of hydrogen-bond acceptors (Lipinski definition) is 4. The first-order chi connectivity index (χ1) is 14.1. The zero-order valence-electron chi connectivity index (χ0n) is 16.6. The van der Waals surface area contributed by atoms with Gasteiger partial charge in [0.15, 0.2) is 0 Å². The van der Waals surface area contributed by atoms with E-state index < -0.39 is 0 Å². The minimum atomic E-state index is -0.108. The van der Waals surface area contributed by atoms with Gasteiger partial charge in [0.1, 0.15) is 24.2 Å². The first-order valence-electron chi connectivity index (χ1n) is 10.1. The first-order valence-corrected chi connectivity index (χ1v) is 10.5. The molecule has 0 radical (unpaired) electrons. The number of aryl methyl sites for hydroxylation is 1. The van der Waals surface area contributed by atoms with E-state index in [1.54, 1.807) is 12.4 Å². The second-order valence-corrected chi connectivity index (χ2v) is 7.83. The normalized spacial score (nSPS) is 16.9. The Hall–Kier alpha value is -2.60. The van der Waals surface area contributed by atoms with Crippen LogP contribution < -0.4 is 0 Å². The van der Waals surface area contributed by atoms with Gasteiger partial charge in [-0.15, -0.1) is 0 Å². The third-order valence-electron chi connectivity index (χ3n) is 5.39. The third-order valence-corrected chi connectivity index (χ3v) is 5.65. The van der Waals surface area contributed by atoms with Gasteiger partial charge in [0.25, 0.3) is 0 Å². The van der Waals surface area contributed by atoms with Crippen molar-refractivity contribution in [1.82, 2.24) is 19.4 Å². The maximum Gasteiger partial charge on any atom is 0.243 e. The average molecular weight is 413 g/mol. The Morgan fingerprint density at radius 1 is 1.24 bits per heavy atom. The molecular formula is C22H25ClN4O2. The van der Waals surface area contributed by atoms with Crippen molar-refractivity contribution in [3.05, 3.63) is 70.9 Å². The molecule has 1 aromatic carbocycles. The molecule has 1 aliphatic heterocycles. The van der Waals surface area contributed by atoms with Gasteiger partial charge in [0.05, 0.1) is 6.20 Å². The maximum absolute atomic E-state index is 13.0. The van der Waals surface area contributed by atoms with E-state index in [1.165, 1.54) is 0 Å². The molecule has 6 nitrogen and oxygen atoms in total. The monoisotopic (exact) mass is 412 g/mol. The minimum absolute atomic E-state index is 0.0832. The summed E-state index contributed by atoms with van der Waals surface area (Å²) >= 11 is 5.96. The van der Waals surface area contributed by atoms with Crippen LogP contribution in [0, 0.1) is 0 Å². The summed E-state index contributed by atoms with van der Waals surface area (Å²) in [5.74, 6) is 2.43. The topological polar surface area (TPSA) is 64.2 Å². The number of halogens is 1. The molecule has 4 rings (SSSR count). The van der Waals surface area contributed by atoms with Gasteiger partial charge in [-0.1, -0.05) is 30.7 Å². The van der Waals surface area contributed by atoms with Crippen molar-refractivity contribution in [2.45, 2.75) is 51.6 Å². The first kappa shape index (κ1) is 19.7. The van der Waals surface area contributed by atoms with E-state index in [1.807, 2.05) is 46.9 Å². The van der Waals surface area contributed by atoms with Crippen molar-refractivity contribution in [2.24, 2.45) is 0 Å². The third kappa shape index (κ3) is 4.53. The van der Waals surface area contributed by atoms with Crippen LogP contribution in [0.2, 0.25) is 5.02 Å². The Labute approximate surface area is 175 Å². The van der Waals surface area contributed by atoms with Crippen molar-refractivity contribution in [3.63, 3.8) is 0 Å². The van der Waals surface area contributed by atoms with Gasteiger partial charge in [-0.25, -0.2) is 9.97 Å². The molecule has 0 N–H and O–H groups in total. The Morgan fingerprint density at radius 3 is 2.86 bits per heavy atom. The van der Waals surface area contributed by atoms with Gasteiger partial charge in [-0.3, -0.25) is 4.79 Å². The lowest BCUT2D eigenvalue weighted by Gasteiger charge is -2.34. The van der Waals surface area contributed by atoms with Gasteiger partial charge < -0.3 is 13.9 Å². The standard InChI is InChI=1S/C22H25ClN4O2/c1-2-20-24-10-12-26(20)15-21(28)27-11-4-3-5-19(27)22-25-14-18(29-22)13-16-6-8-17(23)9-7-16/h6-10,12,14,19H,2-5,11,13,15H2,1H3/t19-/m0/s1. The van der Waals surface area contributed by atoms with Crippen LogP contribution in [-0.4, -0.2) is 31.9 Å².